The van der Waals surface area contributed by atoms with Crippen LogP contribution < -0.4 is 10.5 Å². The van der Waals surface area contributed by atoms with E-state index in [1.165, 1.54) is 0 Å². The largest absolute Gasteiger partial charge is 0.455 e. The van der Waals surface area contributed by atoms with E-state index in [1.54, 1.807) is 6.20 Å². The van der Waals surface area contributed by atoms with Crippen LogP contribution in [0.2, 0.25) is 0 Å². The minimum Gasteiger partial charge on any atom is -0.455 e. The van der Waals surface area contributed by atoms with Crippen molar-refractivity contribution in [3.63, 3.8) is 0 Å². The maximum atomic E-state index is 5.74. The molecule has 0 aliphatic rings. The van der Waals surface area contributed by atoms with Crippen molar-refractivity contribution in [1.82, 2.24) is 4.98 Å². The third kappa shape index (κ3) is 2.82. The van der Waals surface area contributed by atoms with Crippen LogP contribution in [0.25, 0.3) is 0 Å². The van der Waals surface area contributed by atoms with Crippen LogP contribution in [0.4, 0.5) is 0 Å². The third-order valence-electron chi connectivity index (χ3n) is 2.55. The lowest BCUT2D eigenvalue weighted by Crippen LogP contribution is -2.06. The minimum absolute atomic E-state index is 0.0532. The van der Waals surface area contributed by atoms with E-state index in [1.807, 2.05) is 50.2 Å². The molecule has 1 atom stereocenters. The Morgan fingerprint density at radius 1 is 1.18 bits per heavy atom. The van der Waals surface area contributed by atoms with Crippen molar-refractivity contribution in [2.24, 2.45) is 5.73 Å². The number of para-hydroxylation sites is 1. The summed E-state index contributed by atoms with van der Waals surface area (Å²) in [5.41, 5.74) is 7.70. The molecule has 0 spiro atoms. The van der Waals surface area contributed by atoms with E-state index in [9.17, 15) is 0 Å². The summed E-state index contributed by atoms with van der Waals surface area (Å²) in [6, 6.07) is 11.6. The summed E-state index contributed by atoms with van der Waals surface area (Å²) >= 11 is 0. The van der Waals surface area contributed by atoms with Crippen molar-refractivity contribution in [2.75, 3.05) is 0 Å². The van der Waals surface area contributed by atoms with Gasteiger partial charge in [0.2, 0.25) is 0 Å². The fraction of sp³-hybridized carbons (Fsp3) is 0.214. The number of ether oxygens (including phenoxy) is 1. The lowest BCUT2D eigenvalue weighted by Gasteiger charge is -2.09. The molecule has 2 rings (SSSR count). The van der Waals surface area contributed by atoms with Crippen LogP contribution in [-0.4, -0.2) is 4.98 Å². The van der Waals surface area contributed by atoms with Gasteiger partial charge in [-0.3, -0.25) is 4.98 Å². The van der Waals surface area contributed by atoms with Crippen molar-refractivity contribution in [3.8, 4) is 11.5 Å². The van der Waals surface area contributed by atoms with Crippen LogP contribution in [0, 0.1) is 6.92 Å². The summed E-state index contributed by atoms with van der Waals surface area (Å²) in [7, 11) is 0. The molecule has 88 valence electrons. The number of aromatic nitrogens is 1. The van der Waals surface area contributed by atoms with E-state index in [4.69, 9.17) is 10.5 Å². The molecule has 0 radical (unpaired) electrons. The minimum atomic E-state index is -0.0532. The molecule has 0 aliphatic carbocycles. The number of pyridine rings is 1. The molecular formula is C14H16N2O. The quantitative estimate of drug-likeness (QED) is 0.877. The molecule has 0 bridgehead atoms. The topological polar surface area (TPSA) is 48.1 Å². The van der Waals surface area contributed by atoms with E-state index in [0.29, 0.717) is 0 Å². The van der Waals surface area contributed by atoms with Crippen LogP contribution in [-0.2, 0) is 0 Å². The van der Waals surface area contributed by atoms with Gasteiger partial charge in [0.15, 0.2) is 0 Å². The zero-order valence-corrected chi connectivity index (χ0v) is 10.1. The summed E-state index contributed by atoms with van der Waals surface area (Å²) in [6.07, 6.45) is 1.70. The Kier molecular flexibility index (Phi) is 3.40. The average molecular weight is 228 g/mol. The SMILES string of the molecule is Cc1ccccc1Oc1ccc([C@H](C)N)nc1. The fourth-order valence-corrected chi connectivity index (χ4v) is 1.52. The van der Waals surface area contributed by atoms with Gasteiger partial charge in [-0.05, 0) is 37.6 Å². The van der Waals surface area contributed by atoms with Gasteiger partial charge in [-0.2, -0.15) is 0 Å². The van der Waals surface area contributed by atoms with Gasteiger partial charge in [-0.25, -0.2) is 0 Å². The molecular weight excluding hydrogens is 212 g/mol. The highest BCUT2D eigenvalue weighted by Gasteiger charge is 2.03. The van der Waals surface area contributed by atoms with Crippen molar-refractivity contribution >= 4 is 0 Å². The van der Waals surface area contributed by atoms with E-state index >= 15 is 0 Å². The molecule has 0 saturated carbocycles. The molecule has 1 heterocycles. The number of nitrogens with two attached hydrogens (primary N) is 1. The predicted octanol–water partition coefficient (Wildman–Crippen LogP) is 3.20. The Morgan fingerprint density at radius 3 is 2.53 bits per heavy atom. The fourth-order valence-electron chi connectivity index (χ4n) is 1.52. The number of nitrogens with zero attached hydrogens (tertiary/aromatic N) is 1. The summed E-state index contributed by atoms with van der Waals surface area (Å²) in [5, 5.41) is 0. The van der Waals surface area contributed by atoms with Gasteiger partial charge in [0.05, 0.1) is 11.9 Å². The molecule has 2 N–H and O–H groups in total. The van der Waals surface area contributed by atoms with E-state index in [2.05, 4.69) is 4.98 Å². The van der Waals surface area contributed by atoms with Crippen molar-refractivity contribution < 1.29 is 4.74 Å². The molecule has 0 unspecified atom stereocenters. The Balaban J connectivity index is 2.17. The van der Waals surface area contributed by atoms with E-state index in [0.717, 1.165) is 22.8 Å². The summed E-state index contributed by atoms with van der Waals surface area (Å²) in [6.45, 7) is 3.92. The molecule has 3 nitrogen and oxygen atoms in total. The lowest BCUT2D eigenvalue weighted by molar-refractivity contribution is 0.475. The predicted molar refractivity (Wildman–Crippen MR) is 68.1 cm³/mol. The number of rotatable bonds is 3. The Hall–Kier alpha value is -1.87. The molecule has 0 fully saturated rings. The Labute approximate surface area is 101 Å². The van der Waals surface area contributed by atoms with Gasteiger partial charge in [0, 0.05) is 6.04 Å². The van der Waals surface area contributed by atoms with Gasteiger partial charge in [0.25, 0.3) is 0 Å². The molecule has 0 aliphatic heterocycles. The normalized spacial score (nSPS) is 12.2. The highest BCUT2D eigenvalue weighted by atomic mass is 16.5. The molecule has 3 heteroatoms. The maximum absolute atomic E-state index is 5.74. The second kappa shape index (κ2) is 4.97. The molecule has 0 amide bonds. The summed E-state index contributed by atoms with van der Waals surface area (Å²) in [5.74, 6) is 1.58. The maximum Gasteiger partial charge on any atom is 0.145 e. The highest BCUT2D eigenvalue weighted by Crippen LogP contribution is 2.24. The lowest BCUT2D eigenvalue weighted by atomic mass is 10.2. The molecule has 1 aromatic heterocycles. The van der Waals surface area contributed by atoms with Crippen molar-refractivity contribution in [1.29, 1.82) is 0 Å². The molecule has 1 aromatic carbocycles. The van der Waals surface area contributed by atoms with Crippen molar-refractivity contribution in [2.45, 2.75) is 19.9 Å². The average Bonchev–Trinajstić information content (AvgIpc) is 2.33. The number of hydrogen-bond acceptors (Lipinski definition) is 3. The van der Waals surface area contributed by atoms with Crippen LogP contribution in [0.5, 0.6) is 11.5 Å². The second-order valence-corrected chi connectivity index (χ2v) is 4.08. The molecule has 2 aromatic rings. The Bertz CT molecular complexity index is 492. The zero-order chi connectivity index (χ0) is 12.3. The number of benzene rings is 1. The van der Waals surface area contributed by atoms with Gasteiger partial charge in [0.1, 0.15) is 11.5 Å². The van der Waals surface area contributed by atoms with Crippen LogP contribution >= 0.6 is 0 Å². The standard InChI is InChI=1S/C14H16N2O/c1-10-5-3-4-6-14(10)17-12-7-8-13(11(2)15)16-9-12/h3-9,11H,15H2,1-2H3/t11-/m0/s1. The van der Waals surface area contributed by atoms with Gasteiger partial charge >= 0.3 is 0 Å². The van der Waals surface area contributed by atoms with Gasteiger partial charge < -0.3 is 10.5 Å². The van der Waals surface area contributed by atoms with Gasteiger partial charge in [-0.15, -0.1) is 0 Å². The number of hydrogen-bond donors (Lipinski definition) is 1. The van der Waals surface area contributed by atoms with Crippen LogP contribution in [0.3, 0.4) is 0 Å². The molecule has 17 heavy (non-hydrogen) atoms. The smallest absolute Gasteiger partial charge is 0.145 e. The first kappa shape index (κ1) is 11.6. The van der Waals surface area contributed by atoms with Gasteiger partial charge in [-0.1, -0.05) is 18.2 Å². The number of aryl methyl sites for hydroxylation is 1. The van der Waals surface area contributed by atoms with E-state index < -0.39 is 0 Å². The second-order valence-electron chi connectivity index (χ2n) is 4.08. The first-order valence-corrected chi connectivity index (χ1v) is 5.62. The van der Waals surface area contributed by atoms with Crippen LogP contribution in [0.15, 0.2) is 42.6 Å². The highest BCUT2D eigenvalue weighted by molar-refractivity contribution is 5.36. The Morgan fingerprint density at radius 2 is 1.94 bits per heavy atom. The van der Waals surface area contributed by atoms with Crippen molar-refractivity contribution in [3.05, 3.63) is 53.9 Å². The first-order valence-electron chi connectivity index (χ1n) is 5.62. The third-order valence-corrected chi connectivity index (χ3v) is 2.55. The zero-order valence-electron chi connectivity index (χ0n) is 10.1. The van der Waals surface area contributed by atoms with Crippen LogP contribution in [0.1, 0.15) is 24.2 Å². The first-order chi connectivity index (χ1) is 8.16. The monoisotopic (exact) mass is 228 g/mol. The summed E-state index contributed by atoms with van der Waals surface area (Å²) < 4.78 is 5.74. The molecule has 0 saturated heterocycles. The summed E-state index contributed by atoms with van der Waals surface area (Å²) in [4.78, 5) is 4.25. The van der Waals surface area contributed by atoms with E-state index in [-0.39, 0.29) is 6.04 Å².